The quantitative estimate of drug-likeness (QED) is 0.760. The van der Waals surface area contributed by atoms with Gasteiger partial charge in [0.1, 0.15) is 4.99 Å². The van der Waals surface area contributed by atoms with E-state index in [0.29, 0.717) is 0 Å². The van der Waals surface area contributed by atoms with Gasteiger partial charge in [0.25, 0.3) is 0 Å². The topological polar surface area (TPSA) is 24.5 Å². The predicted octanol–water partition coefficient (Wildman–Crippen LogP) is 4.86. The van der Waals surface area contributed by atoms with Crippen molar-refractivity contribution in [3.05, 3.63) is 41.6 Å². The number of benzene rings is 1. The molecule has 1 unspecified atom stereocenters. The summed E-state index contributed by atoms with van der Waals surface area (Å²) in [6.45, 7) is 8.27. The first-order valence-corrected chi connectivity index (χ1v) is 9.95. The molecular weight excluding hydrogens is 328 g/mol. The van der Waals surface area contributed by atoms with Crippen LogP contribution in [0, 0.1) is 11.8 Å². The Morgan fingerprint density at radius 1 is 1.24 bits per heavy atom. The molecule has 0 bridgehead atoms. The van der Waals surface area contributed by atoms with Crippen molar-refractivity contribution in [3.63, 3.8) is 0 Å². The maximum atomic E-state index is 5.84. The van der Waals surface area contributed by atoms with Crippen molar-refractivity contribution in [2.75, 3.05) is 31.6 Å². The Labute approximate surface area is 157 Å². The largest absolute Gasteiger partial charge is 0.378 e. The van der Waals surface area contributed by atoms with E-state index in [9.17, 15) is 0 Å². The van der Waals surface area contributed by atoms with Crippen LogP contribution < -0.4 is 5.32 Å². The molecule has 1 fully saturated rings. The third-order valence-corrected chi connectivity index (χ3v) is 5.48. The van der Waals surface area contributed by atoms with Gasteiger partial charge < -0.3 is 15.0 Å². The van der Waals surface area contributed by atoms with Crippen LogP contribution in [0.3, 0.4) is 0 Å². The minimum absolute atomic E-state index is 0.742. The zero-order valence-electron chi connectivity index (χ0n) is 15.5. The molecule has 0 saturated carbocycles. The first-order valence-electron chi connectivity index (χ1n) is 9.54. The van der Waals surface area contributed by atoms with Crippen LogP contribution in [0.2, 0.25) is 0 Å². The summed E-state index contributed by atoms with van der Waals surface area (Å²) < 4.78 is 5.54. The van der Waals surface area contributed by atoms with Crippen LogP contribution in [-0.4, -0.2) is 36.2 Å². The summed E-state index contributed by atoms with van der Waals surface area (Å²) in [5.41, 5.74) is 3.89. The Bertz CT molecular complexity index is 606. The van der Waals surface area contributed by atoms with E-state index < -0.39 is 0 Å². The Balaban J connectivity index is 1.80. The molecule has 3 rings (SSSR count). The number of nitrogens with zero attached hydrogens (tertiary/aromatic N) is 1. The van der Waals surface area contributed by atoms with Gasteiger partial charge in [-0.15, -0.1) is 0 Å². The van der Waals surface area contributed by atoms with E-state index in [0.717, 1.165) is 61.7 Å². The molecule has 136 valence electrons. The molecule has 1 aliphatic carbocycles. The van der Waals surface area contributed by atoms with Gasteiger partial charge in [-0.2, -0.15) is 0 Å². The van der Waals surface area contributed by atoms with Crippen molar-refractivity contribution in [2.45, 2.75) is 39.5 Å². The normalized spacial score (nSPS) is 21.6. The van der Waals surface area contributed by atoms with Crippen LogP contribution in [0.4, 0.5) is 5.69 Å². The first kappa shape index (κ1) is 18.4. The summed E-state index contributed by atoms with van der Waals surface area (Å²) in [5.74, 6) is 1.49. The van der Waals surface area contributed by atoms with Gasteiger partial charge in [-0.25, -0.2) is 0 Å². The Kier molecular flexibility index (Phi) is 6.49. The van der Waals surface area contributed by atoms with Crippen molar-refractivity contribution in [1.82, 2.24) is 4.90 Å². The summed E-state index contributed by atoms with van der Waals surface area (Å²) >= 11 is 5.84. The number of hydrogen-bond donors (Lipinski definition) is 1. The molecular formula is C21H30N2OS. The molecule has 1 aliphatic heterocycles. The van der Waals surface area contributed by atoms with E-state index in [1.165, 1.54) is 24.1 Å². The van der Waals surface area contributed by atoms with Crippen molar-refractivity contribution < 1.29 is 4.74 Å². The summed E-state index contributed by atoms with van der Waals surface area (Å²) in [5, 5.41) is 3.47. The van der Waals surface area contributed by atoms with Gasteiger partial charge in [0.2, 0.25) is 0 Å². The minimum atomic E-state index is 0.742. The number of hydrogen-bond acceptors (Lipinski definition) is 3. The van der Waals surface area contributed by atoms with Crippen LogP contribution in [0.15, 0.2) is 41.6 Å². The van der Waals surface area contributed by atoms with Crippen LogP contribution in [-0.2, 0) is 4.74 Å². The molecule has 1 heterocycles. The van der Waals surface area contributed by atoms with E-state index in [1.54, 1.807) is 0 Å². The highest BCUT2D eigenvalue weighted by Gasteiger charge is 2.28. The number of anilines is 1. The fraction of sp³-hybridized carbons (Fsp3) is 0.571. The molecule has 25 heavy (non-hydrogen) atoms. The summed E-state index contributed by atoms with van der Waals surface area (Å²) in [6.07, 6.45) is 4.81. The first-order chi connectivity index (χ1) is 12.1. The Morgan fingerprint density at radius 2 is 1.96 bits per heavy atom. The van der Waals surface area contributed by atoms with Crippen LogP contribution in [0.25, 0.3) is 0 Å². The van der Waals surface area contributed by atoms with Gasteiger partial charge in [-0.05, 0) is 49.7 Å². The van der Waals surface area contributed by atoms with Crippen molar-refractivity contribution in [3.8, 4) is 0 Å². The average Bonchev–Trinajstić information content (AvgIpc) is 2.63. The fourth-order valence-electron chi connectivity index (χ4n) is 4.00. The molecule has 1 N–H and O–H groups in total. The van der Waals surface area contributed by atoms with Crippen molar-refractivity contribution in [1.29, 1.82) is 0 Å². The van der Waals surface area contributed by atoms with Crippen molar-refractivity contribution >= 4 is 22.9 Å². The molecule has 0 amide bonds. The number of ether oxygens (including phenoxy) is 1. The highest BCUT2D eigenvalue weighted by Crippen LogP contribution is 2.36. The molecule has 2 aliphatic rings. The number of nitrogens with one attached hydrogen (secondary N) is 1. The summed E-state index contributed by atoms with van der Waals surface area (Å²) in [7, 11) is 0. The second-order valence-corrected chi connectivity index (χ2v) is 7.99. The number of rotatable bonds is 5. The third kappa shape index (κ3) is 5.05. The number of allylic oxidation sites excluding steroid dienone is 1. The third-order valence-electron chi connectivity index (χ3n) is 5.13. The van der Waals surface area contributed by atoms with Gasteiger partial charge in [0.05, 0.1) is 13.2 Å². The Hall–Kier alpha value is -1.39. The van der Waals surface area contributed by atoms with Gasteiger partial charge in [-0.3, -0.25) is 0 Å². The van der Waals surface area contributed by atoms with Gasteiger partial charge in [0.15, 0.2) is 0 Å². The summed E-state index contributed by atoms with van der Waals surface area (Å²) in [4.78, 5) is 3.41. The highest BCUT2D eigenvalue weighted by molar-refractivity contribution is 7.81. The molecule has 1 atom stereocenters. The molecule has 1 aromatic carbocycles. The zero-order valence-corrected chi connectivity index (χ0v) is 16.3. The lowest BCUT2D eigenvalue weighted by Crippen LogP contribution is -2.38. The maximum Gasteiger partial charge on any atom is 0.108 e. The van der Waals surface area contributed by atoms with E-state index in [-0.39, 0.29) is 0 Å². The molecule has 4 heteroatoms. The molecule has 0 spiro atoms. The molecule has 0 aromatic heterocycles. The molecule has 1 saturated heterocycles. The van der Waals surface area contributed by atoms with E-state index >= 15 is 0 Å². The summed E-state index contributed by atoms with van der Waals surface area (Å²) in [6, 6.07) is 10.3. The smallest absolute Gasteiger partial charge is 0.108 e. The average molecular weight is 359 g/mol. The second kappa shape index (κ2) is 8.81. The second-order valence-electron chi connectivity index (χ2n) is 7.58. The van der Waals surface area contributed by atoms with Crippen molar-refractivity contribution in [2.24, 2.45) is 11.8 Å². The predicted molar refractivity (Wildman–Crippen MR) is 109 cm³/mol. The van der Waals surface area contributed by atoms with E-state index in [4.69, 9.17) is 17.0 Å². The standard InChI is InChI=1S/C21H30N2OS/c1-16(2)14-17-8-9-20(23-10-12-24-13-11-23)19(15-17)21(25)22-18-6-4-3-5-7-18/h3-7,16-17H,8-15H2,1-2H3,(H,22,25). The monoisotopic (exact) mass is 358 g/mol. The molecule has 1 aromatic rings. The van der Waals surface area contributed by atoms with Gasteiger partial charge >= 0.3 is 0 Å². The number of para-hydroxylation sites is 1. The highest BCUT2D eigenvalue weighted by atomic mass is 32.1. The number of morpholine rings is 1. The Morgan fingerprint density at radius 3 is 2.64 bits per heavy atom. The van der Waals surface area contributed by atoms with Gasteiger partial charge in [0, 0.05) is 30.0 Å². The lowest BCUT2D eigenvalue weighted by atomic mass is 9.81. The van der Waals surface area contributed by atoms with Crippen LogP contribution in [0.5, 0.6) is 0 Å². The number of thiocarbonyl (C=S) groups is 1. The SMILES string of the molecule is CC(C)CC1CCC(N2CCOCC2)=C(C(=S)Nc2ccccc2)C1. The molecule has 3 nitrogen and oxygen atoms in total. The zero-order chi connectivity index (χ0) is 17.6. The lowest BCUT2D eigenvalue weighted by Gasteiger charge is -2.37. The lowest BCUT2D eigenvalue weighted by molar-refractivity contribution is 0.0502. The van der Waals surface area contributed by atoms with Gasteiger partial charge in [-0.1, -0.05) is 44.3 Å². The minimum Gasteiger partial charge on any atom is -0.378 e. The van der Waals surface area contributed by atoms with Crippen LogP contribution in [0.1, 0.15) is 39.5 Å². The maximum absolute atomic E-state index is 5.84. The van der Waals surface area contributed by atoms with E-state index in [2.05, 4.69) is 36.2 Å². The fourth-order valence-corrected chi connectivity index (χ4v) is 4.32. The molecule has 0 radical (unpaired) electrons. The van der Waals surface area contributed by atoms with Crippen LogP contribution >= 0.6 is 12.2 Å². The van der Waals surface area contributed by atoms with E-state index in [1.807, 2.05) is 18.2 Å².